The first kappa shape index (κ1) is 19.6. The SMILES string of the molecule is CC[C@@H](C)Oc1ccc(/C=N\NC(=O)c2ccc(Cl)c(Cl)c2)cc1Cl. The van der Waals surface area contributed by atoms with Gasteiger partial charge in [-0.15, -0.1) is 0 Å². The standard InChI is InChI=1S/C18H17Cl3N2O2/c1-3-11(2)25-17-7-4-12(8-16(17)21)10-22-23-18(24)13-5-6-14(19)15(20)9-13/h4-11H,3H2,1-2H3,(H,23,24)/b22-10-/t11-/m1/s1. The zero-order valence-electron chi connectivity index (χ0n) is 13.7. The first-order valence-corrected chi connectivity index (χ1v) is 8.78. The van der Waals surface area contributed by atoms with Crippen LogP contribution < -0.4 is 10.2 Å². The number of nitrogens with zero attached hydrogens (tertiary/aromatic N) is 1. The van der Waals surface area contributed by atoms with Gasteiger partial charge in [0.15, 0.2) is 0 Å². The Balaban J connectivity index is 2.00. The molecule has 2 rings (SSSR count). The fourth-order valence-corrected chi connectivity index (χ4v) is 2.39. The van der Waals surface area contributed by atoms with E-state index in [2.05, 4.69) is 10.5 Å². The second kappa shape index (κ2) is 9.09. The number of amides is 1. The summed E-state index contributed by atoms with van der Waals surface area (Å²) in [5, 5.41) is 5.10. The minimum Gasteiger partial charge on any atom is -0.489 e. The van der Waals surface area contributed by atoms with Gasteiger partial charge in [0.05, 0.1) is 27.4 Å². The first-order valence-electron chi connectivity index (χ1n) is 7.65. The number of nitrogens with one attached hydrogen (secondary N) is 1. The second-order valence-electron chi connectivity index (χ2n) is 5.35. The summed E-state index contributed by atoms with van der Waals surface area (Å²) in [7, 11) is 0. The van der Waals surface area contributed by atoms with Crippen LogP contribution in [0.5, 0.6) is 5.75 Å². The highest BCUT2D eigenvalue weighted by Gasteiger charge is 2.08. The van der Waals surface area contributed by atoms with Gasteiger partial charge < -0.3 is 4.74 Å². The summed E-state index contributed by atoms with van der Waals surface area (Å²) in [6, 6.07) is 9.89. The quantitative estimate of drug-likeness (QED) is 0.508. The third-order valence-corrected chi connectivity index (χ3v) is 4.45. The smallest absolute Gasteiger partial charge is 0.271 e. The largest absolute Gasteiger partial charge is 0.489 e. The van der Waals surface area contributed by atoms with Gasteiger partial charge in [-0.25, -0.2) is 5.43 Å². The first-order chi connectivity index (χ1) is 11.9. The third kappa shape index (κ3) is 5.63. The average molecular weight is 400 g/mol. The zero-order chi connectivity index (χ0) is 18.4. The lowest BCUT2D eigenvalue weighted by atomic mass is 10.2. The lowest BCUT2D eigenvalue weighted by molar-refractivity contribution is 0.0955. The Morgan fingerprint density at radius 1 is 1.16 bits per heavy atom. The summed E-state index contributed by atoms with van der Waals surface area (Å²) in [5.41, 5.74) is 3.52. The van der Waals surface area contributed by atoms with E-state index in [-0.39, 0.29) is 6.10 Å². The summed E-state index contributed by atoms with van der Waals surface area (Å²) in [6.07, 6.45) is 2.47. The summed E-state index contributed by atoms with van der Waals surface area (Å²) in [4.78, 5) is 12.0. The van der Waals surface area contributed by atoms with Crippen LogP contribution in [0.1, 0.15) is 36.2 Å². The van der Waals surface area contributed by atoms with Crippen molar-refractivity contribution in [3.63, 3.8) is 0 Å². The normalized spacial score (nSPS) is 12.2. The molecule has 0 aliphatic rings. The molecule has 2 aromatic rings. The number of carbonyl (C=O) groups is 1. The van der Waals surface area contributed by atoms with Crippen LogP contribution in [0.15, 0.2) is 41.5 Å². The van der Waals surface area contributed by atoms with Gasteiger partial charge in [-0.05, 0) is 55.3 Å². The van der Waals surface area contributed by atoms with E-state index in [1.165, 1.54) is 12.3 Å². The van der Waals surface area contributed by atoms with Crippen molar-refractivity contribution in [1.29, 1.82) is 0 Å². The van der Waals surface area contributed by atoms with E-state index in [9.17, 15) is 4.79 Å². The van der Waals surface area contributed by atoms with E-state index in [0.717, 1.165) is 12.0 Å². The van der Waals surface area contributed by atoms with Crippen molar-refractivity contribution in [2.75, 3.05) is 0 Å². The van der Waals surface area contributed by atoms with Crippen LogP contribution in [0.4, 0.5) is 0 Å². The van der Waals surface area contributed by atoms with E-state index in [0.29, 0.717) is 26.4 Å². The fraction of sp³-hybridized carbons (Fsp3) is 0.222. The highest BCUT2D eigenvalue weighted by molar-refractivity contribution is 6.42. The molecule has 0 bridgehead atoms. The second-order valence-corrected chi connectivity index (χ2v) is 6.58. The molecule has 0 saturated carbocycles. The molecule has 132 valence electrons. The van der Waals surface area contributed by atoms with Crippen molar-refractivity contribution < 1.29 is 9.53 Å². The van der Waals surface area contributed by atoms with E-state index in [4.69, 9.17) is 39.5 Å². The Labute approximate surface area is 161 Å². The van der Waals surface area contributed by atoms with Crippen LogP contribution in [-0.2, 0) is 0 Å². The van der Waals surface area contributed by atoms with E-state index >= 15 is 0 Å². The maximum absolute atomic E-state index is 12.0. The van der Waals surface area contributed by atoms with Crippen molar-refractivity contribution in [3.05, 3.63) is 62.6 Å². The van der Waals surface area contributed by atoms with Crippen LogP contribution in [0, 0.1) is 0 Å². The summed E-state index contributed by atoms with van der Waals surface area (Å²) in [5.74, 6) is 0.227. The predicted octanol–water partition coefficient (Wildman–Crippen LogP) is 5.59. The molecular formula is C18H17Cl3N2O2. The number of rotatable bonds is 6. The average Bonchev–Trinajstić information content (AvgIpc) is 2.59. The molecule has 4 nitrogen and oxygen atoms in total. The number of carbonyl (C=O) groups excluding carboxylic acids is 1. The molecule has 1 N–H and O–H groups in total. The molecule has 2 aromatic carbocycles. The Morgan fingerprint density at radius 3 is 2.56 bits per heavy atom. The molecule has 25 heavy (non-hydrogen) atoms. The Kier molecular flexibility index (Phi) is 7.12. The predicted molar refractivity (Wildman–Crippen MR) is 103 cm³/mol. The van der Waals surface area contributed by atoms with E-state index < -0.39 is 5.91 Å². The number of ether oxygens (including phenoxy) is 1. The fourth-order valence-electron chi connectivity index (χ4n) is 1.86. The Morgan fingerprint density at radius 2 is 1.92 bits per heavy atom. The lowest BCUT2D eigenvalue weighted by Gasteiger charge is -2.13. The number of hydrazone groups is 1. The topological polar surface area (TPSA) is 50.7 Å². The van der Waals surface area contributed by atoms with Crippen molar-refractivity contribution >= 4 is 46.9 Å². The molecule has 7 heteroatoms. The van der Waals surface area contributed by atoms with Crippen molar-refractivity contribution in [3.8, 4) is 5.75 Å². The molecule has 0 saturated heterocycles. The van der Waals surface area contributed by atoms with Gasteiger partial charge in [-0.2, -0.15) is 5.10 Å². The van der Waals surface area contributed by atoms with Crippen molar-refractivity contribution in [2.45, 2.75) is 26.4 Å². The van der Waals surface area contributed by atoms with Crippen LogP contribution >= 0.6 is 34.8 Å². The minimum absolute atomic E-state index is 0.0857. The van der Waals surface area contributed by atoms with Crippen LogP contribution in [0.3, 0.4) is 0 Å². The summed E-state index contributed by atoms with van der Waals surface area (Å²) in [6.45, 7) is 4.01. The lowest BCUT2D eigenvalue weighted by Crippen LogP contribution is -2.17. The number of benzene rings is 2. The van der Waals surface area contributed by atoms with Crippen LogP contribution in [0.25, 0.3) is 0 Å². The van der Waals surface area contributed by atoms with Crippen molar-refractivity contribution in [1.82, 2.24) is 5.43 Å². The maximum Gasteiger partial charge on any atom is 0.271 e. The number of hydrogen-bond acceptors (Lipinski definition) is 3. The van der Waals surface area contributed by atoms with E-state index in [1.807, 2.05) is 13.8 Å². The number of hydrogen-bond donors (Lipinski definition) is 1. The zero-order valence-corrected chi connectivity index (χ0v) is 16.0. The van der Waals surface area contributed by atoms with Gasteiger partial charge in [-0.3, -0.25) is 4.79 Å². The molecule has 0 unspecified atom stereocenters. The summed E-state index contributed by atoms with van der Waals surface area (Å²) >= 11 is 17.9. The highest BCUT2D eigenvalue weighted by atomic mass is 35.5. The van der Waals surface area contributed by atoms with Crippen LogP contribution in [-0.4, -0.2) is 18.2 Å². The molecule has 1 amide bonds. The molecule has 0 spiro atoms. The van der Waals surface area contributed by atoms with Crippen molar-refractivity contribution in [2.24, 2.45) is 5.10 Å². The molecule has 0 fully saturated rings. The van der Waals surface area contributed by atoms with E-state index in [1.54, 1.807) is 30.3 Å². The van der Waals surface area contributed by atoms with Gasteiger partial charge >= 0.3 is 0 Å². The monoisotopic (exact) mass is 398 g/mol. The molecule has 0 aliphatic carbocycles. The van der Waals surface area contributed by atoms with Gasteiger partial charge in [-0.1, -0.05) is 41.7 Å². The van der Waals surface area contributed by atoms with Gasteiger partial charge in [0.1, 0.15) is 5.75 Å². The molecule has 0 aliphatic heterocycles. The van der Waals surface area contributed by atoms with Gasteiger partial charge in [0.2, 0.25) is 0 Å². The summed E-state index contributed by atoms with van der Waals surface area (Å²) < 4.78 is 5.70. The highest BCUT2D eigenvalue weighted by Crippen LogP contribution is 2.26. The van der Waals surface area contributed by atoms with Crippen LogP contribution in [0.2, 0.25) is 15.1 Å². The molecular weight excluding hydrogens is 383 g/mol. The molecule has 0 radical (unpaired) electrons. The van der Waals surface area contributed by atoms with Gasteiger partial charge in [0, 0.05) is 5.56 Å². The Bertz CT molecular complexity index is 794. The third-order valence-electron chi connectivity index (χ3n) is 3.42. The Hall–Kier alpha value is -1.75. The number of halogens is 3. The minimum atomic E-state index is -0.391. The molecule has 0 aromatic heterocycles. The maximum atomic E-state index is 12.0. The molecule has 1 atom stereocenters. The molecule has 0 heterocycles. The van der Waals surface area contributed by atoms with Gasteiger partial charge in [0.25, 0.3) is 5.91 Å².